The van der Waals surface area contributed by atoms with E-state index in [4.69, 9.17) is 23.7 Å². The second-order valence-corrected chi connectivity index (χ2v) is 8.59. The van der Waals surface area contributed by atoms with Gasteiger partial charge in [0, 0.05) is 12.5 Å². The number of rotatable bonds is 8. The van der Waals surface area contributed by atoms with Crippen LogP contribution in [-0.2, 0) is 35.1 Å². The summed E-state index contributed by atoms with van der Waals surface area (Å²) in [6, 6.07) is 19.1. The van der Waals surface area contributed by atoms with Gasteiger partial charge in [-0.1, -0.05) is 60.7 Å². The van der Waals surface area contributed by atoms with Crippen LogP contribution in [0.2, 0.25) is 0 Å². The number of carbonyl (C=O) groups is 1. The third-order valence-electron chi connectivity index (χ3n) is 5.42. The summed E-state index contributed by atoms with van der Waals surface area (Å²) in [5, 5.41) is 2.97. The Kier molecular flexibility index (Phi) is 8.18. The first-order chi connectivity index (χ1) is 15.7. The second kappa shape index (κ2) is 11.3. The molecular weight excluding hydrogens is 430 g/mol. The lowest BCUT2D eigenvalue weighted by atomic mass is 9.95. The number of amides is 1. The number of thioether (sulfide) groups is 1. The Morgan fingerprint density at radius 1 is 1.06 bits per heavy atom. The molecule has 0 radical (unpaired) electrons. The monoisotopic (exact) mass is 459 g/mol. The molecule has 2 aromatic rings. The van der Waals surface area contributed by atoms with E-state index in [1.54, 1.807) is 11.8 Å². The highest BCUT2D eigenvalue weighted by atomic mass is 32.2. The van der Waals surface area contributed by atoms with Crippen LogP contribution in [-0.4, -0.2) is 55.4 Å². The summed E-state index contributed by atoms with van der Waals surface area (Å²) in [5.74, 6) is 0.269. The zero-order chi connectivity index (χ0) is 22.3. The molecule has 32 heavy (non-hydrogen) atoms. The van der Waals surface area contributed by atoms with Crippen LogP contribution in [0.25, 0.3) is 0 Å². The molecule has 2 heterocycles. The molecule has 2 saturated heterocycles. The Bertz CT molecular complexity index is 854. The third kappa shape index (κ3) is 5.70. The molecule has 0 spiro atoms. The molecule has 1 amide bonds. The number of benzene rings is 2. The van der Waals surface area contributed by atoms with Crippen molar-refractivity contribution in [1.29, 1.82) is 0 Å². The number of carbonyl (C=O) groups excluding carboxylic acids is 1. The molecule has 0 aromatic heterocycles. The van der Waals surface area contributed by atoms with E-state index in [1.807, 2.05) is 66.9 Å². The van der Waals surface area contributed by atoms with Crippen LogP contribution in [0.15, 0.2) is 60.7 Å². The lowest BCUT2D eigenvalue weighted by Gasteiger charge is -2.49. The fourth-order valence-electron chi connectivity index (χ4n) is 3.98. The summed E-state index contributed by atoms with van der Waals surface area (Å²) in [6.45, 7) is 2.16. The van der Waals surface area contributed by atoms with Crippen molar-refractivity contribution in [3.63, 3.8) is 0 Å². The highest BCUT2D eigenvalue weighted by molar-refractivity contribution is 7.98. The maximum atomic E-state index is 12.0. The van der Waals surface area contributed by atoms with Gasteiger partial charge in [-0.3, -0.25) is 4.79 Å². The molecule has 2 aliphatic rings. The van der Waals surface area contributed by atoms with E-state index >= 15 is 0 Å². The summed E-state index contributed by atoms with van der Waals surface area (Å²) < 4.78 is 30.8. The number of ether oxygens (including phenoxy) is 5. The molecule has 2 aromatic carbocycles. The summed E-state index contributed by atoms with van der Waals surface area (Å²) in [5.41, 5.74) is 1.94. The lowest BCUT2D eigenvalue weighted by Crippen LogP contribution is -2.67. The Hall–Kier alpha value is -1.94. The first-order valence-corrected chi connectivity index (χ1v) is 12.1. The fourth-order valence-corrected chi connectivity index (χ4v) is 4.27. The SMILES string of the molecule is CSCO[C@H]1[C@H](NC(C)=O)[C@@H](OCc2ccccc2)O[C@H]2CO[C@H](c3ccccc3)O[C@H]12. The maximum absolute atomic E-state index is 12.0. The highest BCUT2D eigenvalue weighted by Gasteiger charge is 2.51. The van der Waals surface area contributed by atoms with E-state index in [0.717, 1.165) is 11.1 Å². The van der Waals surface area contributed by atoms with Crippen molar-refractivity contribution in [2.75, 3.05) is 18.8 Å². The number of fused-ring (bicyclic) bond motifs is 1. The van der Waals surface area contributed by atoms with Crippen LogP contribution in [0.3, 0.4) is 0 Å². The van der Waals surface area contributed by atoms with E-state index in [-0.39, 0.29) is 12.0 Å². The van der Waals surface area contributed by atoms with Gasteiger partial charge < -0.3 is 29.0 Å². The molecular formula is C24H29NO6S. The second-order valence-electron chi connectivity index (χ2n) is 7.78. The number of hydrogen-bond acceptors (Lipinski definition) is 7. The first kappa shape index (κ1) is 23.2. The minimum Gasteiger partial charge on any atom is -0.362 e. The summed E-state index contributed by atoms with van der Waals surface area (Å²) >= 11 is 1.56. The number of nitrogens with one attached hydrogen (secondary N) is 1. The van der Waals surface area contributed by atoms with Gasteiger partial charge in [0.1, 0.15) is 24.4 Å². The predicted molar refractivity (Wildman–Crippen MR) is 121 cm³/mol. The van der Waals surface area contributed by atoms with E-state index in [9.17, 15) is 4.79 Å². The van der Waals surface area contributed by atoms with Crippen molar-refractivity contribution in [3.8, 4) is 0 Å². The van der Waals surface area contributed by atoms with Gasteiger partial charge in [-0.15, -0.1) is 11.8 Å². The average molecular weight is 460 g/mol. The largest absolute Gasteiger partial charge is 0.362 e. The molecule has 8 heteroatoms. The van der Waals surface area contributed by atoms with Gasteiger partial charge in [0.2, 0.25) is 5.91 Å². The quantitative estimate of drug-likeness (QED) is 0.608. The Balaban J connectivity index is 1.54. The van der Waals surface area contributed by atoms with Gasteiger partial charge in [-0.2, -0.15) is 0 Å². The van der Waals surface area contributed by atoms with Crippen molar-refractivity contribution in [1.82, 2.24) is 5.32 Å². The Morgan fingerprint density at radius 2 is 1.78 bits per heavy atom. The molecule has 7 nitrogen and oxygen atoms in total. The van der Waals surface area contributed by atoms with Crippen LogP contribution in [0.4, 0.5) is 0 Å². The molecule has 0 bridgehead atoms. The molecule has 172 valence electrons. The van der Waals surface area contributed by atoms with Crippen molar-refractivity contribution in [2.24, 2.45) is 0 Å². The molecule has 1 N–H and O–H groups in total. The normalized spacial score (nSPS) is 29.8. The van der Waals surface area contributed by atoms with E-state index in [1.165, 1.54) is 6.92 Å². The van der Waals surface area contributed by atoms with E-state index in [2.05, 4.69) is 5.32 Å². The fraction of sp³-hybridized carbons (Fsp3) is 0.458. The minimum atomic E-state index is -0.701. The summed E-state index contributed by atoms with van der Waals surface area (Å²) in [6.07, 6.45) is -0.525. The van der Waals surface area contributed by atoms with Crippen molar-refractivity contribution in [2.45, 2.75) is 50.5 Å². The van der Waals surface area contributed by atoms with Crippen LogP contribution in [0.1, 0.15) is 24.3 Å². The van der Waals surface area contributed by atoms with Crippen molar-refractivity contribution < 1.29 is 28.5 Å². The molecule has 6 atom stereocenters. The lowest BCUT2D eigenvalue weighted by molar-refractivity contribution is -0.348. The van der Waals surface area contributed by atoms with Crippen LogP contribution in [0, 0.1) is 0 Å². The Labute approximate surface area is 192 Å². The van der Waals surface area contributed by atoms with Gasteiger partial charge in [0.05, 0.1) is 19.2 Å². The minimum absolute atomic E-state index is 0.185. The smallest absolute Gasteiger partial charge is 0.217 e. The van der Waals surface area contributed by atoms with Gasteiger partial charge in [-0.25, -0.2) is 0 Å². The standard InChI is InChI=1S/C24H29NO6S/c1-16(26)25-20-22(29-15-32-2)21-19(14-28-23(31-21)18-11-7-4-8-12-18)30-24(20)27-13-17-9-5-3-6-10-17/h3-12,19-24H,13-15H2,1-2H3,(H,25,26)/t19-,20-,21-,22-,23-,24-/m0/s1. The van der Waals surface area contributed by atoms with Gasteiger partial charge in [0.25, 0.3) is 0 Å². The summed E-state index contributed by atoms with van der Waals surface area (Å²) in [7, 11) is 0. The third-order valence-corrected chi connectivity index (χ3v) is 5.79. The molecule has 4 rings (SSSR count). The van der Waals surface area contributed by atoms with Crippen molar-refractivity contribution in [3.05, 3.63) is 71.8 Å². The maximum Gasteiger partial charge on any atom is 0.217 e. The van der Waals surface area contributed by atoms with Gasteiger partial charge >= 0.3 is 0 Å². The Morgan fingerprint density at radius 3 is 2.47 bits per heavy atom. The first-order valence-electron chi connectivity index (χ1n) is 10.7. The molecule has 2 aliphatic heterocycles. The molecule has 0 unspecified atom stereocenters. The number of hydrogen-bond donors (Lipinski definition) is 1. The highest BCUT2D eigenvalue weighted by Crippen LogP contribution is 2.36. The van der Waals surface area contributed by atoms with Crippen LogP contribution in [0.5, 0.6) is 0 Å². The van der Waals surface area contributed by atoms with Gasteiger partial charge in [0.15, 0.2) is 12.6 Å². The van der Waals surface area contributed by atoms with Crippen LogP contribution >= 0.6 is 11.8 Å². The van der Waals surface area contributed by atoms with Crippen LogP contribution < -0.4 is 5.32 Å². The zero-order valence-electron chi connectivity index (χ0n) is 18.2. The average Bonchev–Trinajstić information content (AvgIpc) is 2.82. The van der Waals surface area contributed by atoms with Crippen molar-refractivity contribution >= 4 is 17.7 Å². The van der Waals surface area contributed by atoms with E-state index in [0.29, 0.717) is 19.2 Å². The summed E-state index contributed by atoms with van der Waals surface area (Å²) in [4.78, 5) is 12.0. The molecule has 0 aliphatic carbocycles. The van der Waals surface area contributed by atoms with Gasteiger partial charge in [-0.05, 0) is 11.8 Å². The predicted octanol–water partition coefficient (Wildman–Crippen LogP) is 3.25. The zero-order valence-corrected chi connectivity index (χ0v) is 19.0. The van der Waals surface area contributed by atoms with E-state index < -0.39 is 30.8 Å². The molecule has 0 saturated carbocycles. The topological polar surface area (TPSA) is 75.3 Å². The molecule has 2 fully saturated rings.